The Morgan fingerprint density at radius 2 is 2.20 bits per heavy atom. The fraction of sp³-hybridized carbons (Fsp3) is 0.846. The van der Waals surface area contributed by atoms with E-state index in [-0.39, 0.29) is 0 Å². The normalized spacial score (nSPS) is 22.1. The highest BCUT2D eigenvalue weighted by atomic mass is 15.2. The standard InChI is InChI=1S/C13H26N2/c1-11(2)10-14(4)9-8-13-7-6-12(3)15(13)5/h11,13H,3,6-10H2,1-2,4-5H3/t13-/m0/s1. The summed E-state index contributed by atoms with van der Waals surface area (Å²) in [6.45, 7) is 11.0. The molecule has 0 bridgehead atoms. The van der Waals surface area contributed by atoms with Gasteiger partial charge in [-0.25, -0.2) is 0 Å². The first-order valence-electron chi connectivity index (χ1n) is 6.10. The first-order valence-corrected chi connectivity index (χ1v) is 6.10. The third kappa shape index (κ3) is 3.86. The van der Waals surface area contributed by atoms with Crippen molar-refractivity contribution < 1.29 is 0 Å². The molecule has 0 aromatic carbocycles. The molecule has 0 aromatic rings. The SMILES string of the molecule is C=C1CC[C@@H](CCN(C)CC(C)C)N1C. The van der Waals surface area contributed by atoms with E-state index in [1.807, 2.05) is 0 Å². The summed E-state index contributed by atoms with van der Waals surface area (Å²) in [6.07, 6.45) is 3.76. The minimum Gasteiger partial charge on any atom is -0.375 e. The average molecular weight is 210 g/mol. The lowest BCUT2D eigenvalue weighted by molar-refractivity contribution is 0.248. The van der Waals surface area contributed by atoms with Crippen molar-refractivity contribution in [3.05, 3.63) is 12.3 Å². The number of hydrogen-bond acceptors (Lipinski definition) is 2. The fourth-order valence-electron chi connectivity index (χ4n) is 2.38. The van der Waals surface area contributed by atoms with Gasteiger partial charge in [-0.15, -0.1) is 0 Å². The number of rotatable bonds is 5. The van der Waals surface area contributed by atoms with Gasteiger partial charge in [0.2, 0.25) is 0 Å². The van der Waals surface area contributed by atoms with E-state index >= 15 is 0 Å². The molecular formula is C13H26N2. The Balaban J connectivity index is 2.22. The van der Waals surface area contributed by atoms with Crippen LogP contribution in [0.15, 0.2) is 12.3 Å². The molecule has 1 heterocycles. The Kier molecular flexibility index (Phi) is 4.65. The van der Waals surface area contributed by atoms with E-state index < -0.39 is 0 Å². The lowest BCUT2D eigenvalue weighted by atomic mass is 10.1. The number of likely N-dealkylation sites (tertiary alicyclic amines) is 1. The van der Waals surface area contributed by atoms with Crippen LogP contribution in [0.2, 0.25) is 0 Å². The van der Waals surface area contributed by atoms with Crippen LogP contribution >= 0.6 is 0 Å². The third-order valence-electron chi connectivity index (χ3n) is 3.33. The van der Waals surface area contributed by atoms with Gasteiger partial charge in [-0.05, 0) is 38.8 Å². The van der Waals surface area contributed by atoms with Crippen LogP contribution in [-0.4, -0.2) is 43.0 Å². The molecule has 1 saturated heterocycles. The summed E-state index contributed by atoms with van der Waals surface area (Å²) >= 11 is 0. The lowest BCUT2D eigenvalue weighted by Gasteiger charge is -2.25. The molecular weight excluding hydrogens is 184 g/mol. The molecule has 1 aliphatic heterocycles. The molecule has 0 amide bonds. The van der Waals surface area contributed by atoms with Crippen LogP contribution in [0.4, 0.5) is 0 Å². The van der Waals surface area contributed by atoms with Crippen LogP contribution in [-0.2, 0) is 0 Å². The molecule has 1 fully saturated rings. The molecule has 15 heavy (non-hydrogen) atoms. The second-order valence-electron chi connectivity index (χ2n) is 5.31. The van der Waals surface area contributed by atoms with Crippen molar-refractivity contribution in [2.75, 3.05) is 27.2 Å². The van der Waals surface area contributed by atoms with E-state index in [0.717, 1.165) is 12.0 Å². The van der Waals surface area contributed by atoms with Gasteiger partial charge < -0.3 is 9.80 Å². The van der Waals surface area contributed by atoms with E-state index in [1.165, 1.54) is 38.0 Å². The van der Waals surface area contributed by atoms with Gasteiger partial charge in [0.15, 0.2) is 0 Å². The molecule has 0 radical (unpaired) electrons. The predicted molar refractivity (Wildman–Crippen MR) is 66.9 cm³/mol. The number of nitrogens with zero attached hydrogens (tertiary/aromatic N) is 2. The second kappa shape index (κ2) is 5.55. The van der Waals surface area contributed by atoms with Crippen LogP contribution in [0.1, 0.15) is 33.1 Å². The van der Waals surface area contributed by atoms with Gasteiger partial charge >= 0.3 is 0 Å². The Morgan fingerprint density at radius 3 is 2.67 bits per heavy atom. The minimum atomic E-state index is 0.729. The van der Waals surface area contributed by atoms with Crippen molar-refractivity contribution in [3.8, 4) is 0 Å². The lowest BCUT2D eigenvalue weighted by Crippen LogP contribution is -2.31. The zero-order valence-electron chi connectivity index (χ0n) is 10.8. The topological polar surface area (TPSA) is 6.48 Å². The van der Waals surface area contributed by atoms with Crippen LogP contribution < -0.4 is 0 Å². The monoisotopic (exact) mass is 210 g/mol. The van der Waals surface area contributed by atoms with Gasteiger partial charge in [-0.2, -0.15) is 0 Å². The predicted octanol–water partition coefficient (Wildman–Crippen LogP) is 2.57. The van der Waals surface area contributed by atoms with Gasteiger partial charge in [-0.1, -0.05) is 20.4 Å². The molecule has 1 aliphatic rings. The first kappa shape index (κ1) is 12.6. The summed E-state index contributed by atoms with van der Waals surface area (Å²) in [7, 11) is 4.41. The van der Waals surface area contributed by atoms with E-state index in [2.05, 4.69) is 44.3 Å². The van der Waals surface area contributed by atoms with Crippen LogP contribution in [0, 0.1) is 5.92 Å². The molecule has 0 aromatic heterocycles. The maximum absolute atomic E-state index is 4.07. The van der Waals surface area contributed by atoms with E-state index in [0.29, 0.717) is 0 Å². The maximum Gasteiger partial charge on any atom is 0.0299 e. The summed E-state index contributed by atoms with van der Waals surface area (Å²) in [5, 5.41) is 0. The van der Waals surface area contributed by atoms with Crippen molar-refractivity contribution in [2.24, 2.45) is 5.92 Å². The highest BCUT2D eigenvalue weighted by Gasteiger charge is 2.23. The smallest absolute Gasteiger partial charge is 0.0299 e. The molecule has 0 aliphatic carbocycles. The highest BCUT2D eigenvalue weighted by molar-refractivity contribution is 5.02. The van der Waals surface area contributed by atoms with Crippen molar-refractivity contribution >= 4 is 0 Å². The van der Waals surface area contributed by atoms with Crippen molar-refractivity contribution in [1.29, 1.82) is 0 Å². The highest BCUT2D eigenvalue weighted by Crippen LogP contribution is 2.25. The van der Waals surface area contributed by atoms with Gasteiger partial charge in [0.1, 0.15) is 0 Å². The molecule has 2 nitrogen and oxygen atoms in total. The first-order chi connectivity index (χ1) is 7.00. The summed E-state index contributed by atoms with van der Waals surface area (Å²) in [5.41, 5.74) is 1.31. The van der Waals surface area contributed by atoms with Gasteiger partial charge in [0.25, 0.3) is 0 Å². The van der Waals surface area contributed by atoms with Gasteiger partial charge in [-0.3, -0.25) is 0 Å². The molecule has 2 heteroatoms. The third-order valence-corrected chi connectivity index (χ3v) is 3.33. The summed E-state index contributed by atoms with van der Waals surface area (Å²) in [5.74, 6) is 0.770. The average Bonchev–Trinajstić information content (AvgIpc) is 2.44. The van der Waals surface area contributed by atoms with E-state index in [4.69, 9.17) is 0 Å². The van der Waals surface area contributed by atoms with Gasteiger partial charge in [0, 0.05) is 25.3 Å². The Labute approximate surface area is 94.9 Å². The fourth-order valence-corrected chi connectivity index (χ4v) is 2.38. The maximum atomic E-state index is 4.07. The van der Waals surface area contributed by atoms with Crippen molar-refractivity contribution in [2.45, 2.75) is 39.2 Å². The van der Waals surface area contributed by atoms with E-state index in [9.17, 15) is 0 Å². The summed E-state index contributed by atoms with van der Waals surface area (Å²) < 4.78 is 0. The Hall–Kier alpha value is -0.500. The molecule has 0 saturated carbocycles. The van der Waals surface area contributed by atoms with Crippen LogP contribution in [0.5, 0.6) is 0 Å². The zero-order chi connectivity index (χ0) is 11.4. The molecule has 0 unspecified atom stereocenters. The quantitative estimate of drug-likeness (QED) is 0.688. The molecule has 88 valence electrons. The Morgan fingerprint density at radius 1 is 1.53 bits per heavy atom. The number of hydrogen-bond donors (Lipinski definition) is 0. The summed E-state index contributed by atoms with van der Waals surface area (Å²) in [4.78, 5) is 4.81. The minimum absolute atomic E-state index is 0.729. The van der Waals surface area contributed by atoms with Crippen LogP contribution in [0.25, 0.3) is 0 Å². The largest absolute Gasteiger partial charge is 0.375 e. The summed E-state index contributed by atoms with van der Waals surface area (Å²) in [6, 6.07) is 0.729. The molecule has 1 atom stereocenters. The second-order valence-corrected chi connectivity index (χ2v) is 5.31. The molecule has 1 rings (SSSR count). The Bertz CT molecular complexity index is 211. The molecule has 0 N–H and O–H groups in total. The molecule has 0 spiro atoms. The van der Waals surface area contributed by atoms with Gasteiger partial charge in [0.05, 0.1) is 0 Å². The number of allylic oxidation sites excluding steroid dienone is 1. The van der Waals surface area contributed by atoms with Crippen molar-refractivity contribution in [3.63, 3.8) is 0 Å². The van der Waals surface area contributed by atoms with Crippen LogP contribution in [0.3, 0.4) is 0 Å². The zero-order valence-corrected chi connectivity index (χ0v) is 10.8. The van der Waals surface area contributed by atoms with Crippen molar-refractivity contribution in [1.82, 2.24) is 9.80 Å². The van der Waals surface area contributed by atoms with E-state index in [1.54, 1.807) is 0 Å².